The molecule has 5 nitrogen and oxygen atoms in total. The van der Waals surface area contributed by atoms with Crippen LogP contribution in [0.5, 0.6) is 5.75 Å². The second-order valence-electron chi connectivity index (χ2n) is 6.89. The van der Waals surface area contributed by atoms with Crippen molar-refractivity contribution in [2.24, 2.45) is 0 Å². The van der Waals surface area contributed by atoms with Crippen LogP contribution in [-0.4, -0.2) is 23.6 Å². The van der Waals surface area contributed by atoms with E-state index in [0.29, 0.717) is 17.0 Å². The van der Waals surface area contributed by atoms with Crippen LogP contribution in [0.2, 0.25) is 0 Å². The summed E-state index contributed by atoms with van der Waals surface area (Å²) in [4.78, 5) is 23.2. The fourth-order valence-electron chi connectivity index (χ4n) is 2.39. The zero-order valence-corrected chi connectivity index (χ0v) is 14.9. The van der Waals surface area contributed by atoms with Gasteiger partial charge in [0.15, 0.2) is 6.61 Å². The van der Waals surface area contributed by atoms with Crippen LogP contribution in [0.15, 0.2) is 42.5 Å². The van der Waals surface area contributed by atoms with E-state index >= 15 is 0 Å². The van der Waals surface area contributed by atoms with Gasteiger partial charge in [0.25, 0.3) is 5.91 Å². The predicted molar refractivity (Wildman–Crippen MR) is 97.4 cm³/mol. The van der Waals surface area contributed by atoms with E-state index in [9.17, 15) is 9.59 Å². The molecular formula is C20H23NO4. The number of anilines is 1. The molecule has 2 N–H and O–H groups in total. The van der Waals surface area contributed by atoms with Crippen molar-refractivity contribution in [3.63, 3.8) is 0 Å². The van der Waals surface area contributed by atoms with Gasteiger partial charge in [0.2, 0.25) is 0 Å². The van der Waals surface area contributed by atoms with Gasteiger partial charge in [-0.05, 0) is 47.7 Å². The number of aromatic carboxylic acids is 1. The van der Waals surface area contributed by atoms with Crippen molar-refractivity contribution in [3.05, 3.63) is 59.2 Å². The summed E-state index contributed by atoms with van der Waals surface area (Å²) < 4.78 is 5.50. The van der Waals surface area contributed by atoms with E-state index < -0.39 is 5.97 Å². The van der Waals surface area contributed by atoms with Gasteiger partial charge in [0.1, 0.15) is 5.75 Å². The minimum Gasteiger partial charge on any atom is -0.484 e. The minimum absolute atomic E-state index is 0.0581. The molecule has 2 rings (SSSR count). The number of carbonyl (C=O) groups is 2. The zero-order valence-electron chi connectivity index (χ0n) is 14.9. The van der Waals surface area contributed by atoms with Crippen LogP contribution in [0, 0.1) is 6.92 Å². The van der Waals surface area contributed by atoms with Gasteiger partial charge >= 0.3 is 5.97 Å². The number of carbonyl (C=O) groups excluding carboxylic acids is 1. The second kappa shape index (κ2) is 7.38. The lowest BCUT2D eigenvalue weighted by Crippen LogP contribution is -2.21. The Morgan fingerprint density at radius 3 is 2.28 bits per heavy atom. The number of carboxylic acids is 1. The van der Waals surface area contributed by atoms with Crippen molar-refractivity contribution in [2.75, 3.05) is 11.9 Å². The molecule has 25 heavy (non-hydrogen) atoms. The summed E-state index contributed by atoms with van der Waals surface area (Å²) in [5.74, 6) is -0.756. The lowest BCUT2D eigenvalue weighted by atomic mass is 9.87. The van der Waals surface area contributed by atoms with Gasteiger partial charge in [-0.1, -0.05) is 39.0 Å². The van der Waals surface area contributed by atoms with Crippen molar-refractivity contribution < 1.29 is 19.4 Å². The third-order valence-electron chi connectivity index (χ3n) is 3.93. The molecule has 0 heterocycles. The SMILES string of the molecule is Cc1c(NC(=O)COc2ccc(C(C)(C)C)cc2)cccc1C(=O)O. The summed E-state index contributed by atoms with van der Waals surface area (Å²) in [7, 11) is 0. The molecule has 0 fully saturated rings. The maximum atomic E-state index is 12.1. The van der Waals surface area contributed by atoms with Gasteiger partial charge in [-0.3, -0.25) is 4.79 Å². The Hall–Kier alpha value is -2.82. The maximum Gasteiger partial charge on any atom is 0.336 e. The molecule has 0 aliphatic carbocycles. The van der Waals surface area contributed by atoms with Crippen molar-refractivity contribution in [3.8, 4) is 5.75 Å². The smallest absolute Gasteiger partial charge is 0.336 e. The highest BCUT2D eigenvalue weighted by Crippen LogP contribution is 2.24. The number of carboxylic acid groups (broad SMARTS) is 1. The Balaban J connectivity index is 1.97. The molecule has 0 atom stereocenters. The average Bonchev–Trinajstić information content (AvgIpc) is 2.54. The standard InChI is InChI=1S/C20H23NO4/c1-13-16(19(23)24)6-5-7-17(13)21-18(22)12-25-15-10-8-14(9-11-15)20(2,3)4/h5-11H,12H2,1-4H3,(H,21,22)(H,23,24). The molecule has 0 aliphatic heterocycles. The lowest BCUT2D eigenvalue weighted by Gasteiger charge is -2.19. The topological polar surface area (TPSA) is 75.6 Å². The normalized spacial score (nSPS) is 11.0. The first-order chi connectivity index (χ1) is 11.7. The molecule has 5 heteroatoms. The molecule has 1 amide bonds. The van der Waals surface area contributed by atoms with Gasteiger partial charge in [-0.25, -0.2) is 4.79 Å². The van der Waals surface area contributed by atoms with Gasteiger partial charge in [-0.15, -0.1) is 0 Å². The van der Waals surface area contributed by atoms with Crippen LogP contribution in [0.1, 0.15) is 42.3 Å². The predicted octanol–water partition coefficient (Wildman–Crippen LogP) is 4.01. The van der Waals surface area contributed by atoms with Crippen LogP contribution in [0.4, 0.5) is 5.69 Å². The quantitative estimate of drug-likeness (QED) is 0.861. The van der Waals surface area contributed by atoms with Gasteiger partial charge in [-0.2, -0.15) is 0 Å². The fourth-order valence-corrected chi connectivity index (χ4v) is 2.39. The Morgan fingerprint density at radius 1 is 1.08 bits per heavy atom. The van der Waals surface area contributed by atoms with Crippen LogP contribution in [0.3, 0.4) is 0 Å². The van der Waals surface area contributed by atoms with Crippen molar-refractivity contribution in [1.82, 2.24) is 0 Å². The summed E-state index contributed by atoms with van der Waals surface area (Å²) in [6, 6.07) is 12.4. The first-order valence-corrected chi connectivity index (χ1v) is 8.04. The summed E-state index contributed by atoms with van der Waals surface area (Å²) in [5.41, 5.74) is 2.39. The third-order valence-corrected chi connectivity index (χ3v) is 3.93. The highest BCUT2D eigenvalue weighted by molar-refractivity contribution is 5.96. The third kappa shape index (κ3) is 4.83. The highest BCUT2D eigenvalue weighted by Gasteiger charge is 2.14. The molecule has 0 aromatic heterocycles. The lowest BCUT2D eigenvalue weighted by molar-refractivity contribution is -0.118. The van der Waals surface area contributed by atoms with Crippen LogP contribution in [0.25, 0.3) is 0 Å². The van der Waals surface area contributed by atoms with E-state index in [0.717, 1.165) is 0 Å². The monoisotopic (exact) mass is 341 g/mol. The number of rotatable bonds is 5. The first-order valence-electron chi connectivity index (χ1n) is 8.04. The fraction of sp³-hybridized carbons (Fsp3) is 0.300. The minimum atomic E-state index is -1.02. The molecule has 0 radical (unpaired) electrons. The number of hydrogen-bond donors (Lipinski definition) is 2. The maximum absolute atomic E-state index is 12.1. The summed E-state index contributed by atoms with van der Waals surface area (Å²) in [6.45, 7) is 7.90. The number of nitrogens with one attached hydrogen (secondary N) is 1. The van der Waals surface area contributed by atoms with Crippen molar-refractivity contribution in [2.45, 2.75) is 33.1 Å². The molecule has 2 aromatic rings. The van der Waals surface area contributed by atoms with Crippen LogP contribution < -0.4 is 10.1 Å². The zero-order chi connectivity index (χ0) is 18.6. The van der Waals surface area contributed by atoms with E-state index in [4.69, 9.17) is 9.84 Å². The molecule has 0 aliphatic rings. The number of benzene rings is 2. The van der Waals surface area contributed by atoms with Crippen LogP contribution >= 0.6 is 0 Å². The molecule has 2 aromatic carbocycles. The molecule has 0 bridgehead atoms. The van der Waals surface area contributed by atoms with Gasteiger partial charge in [0, 0.05) is 5.69 Å². The molecule has 0 saturated heterocycles. The van der Waals surface area contributed by atoms with Crippen molar-refractivity contribution >= 4 is 17.6 Å². The Kier molecular flexibility index (Phi) is 5.47. The highest BCUT2D eigenvalue weighted by atomic mass is 16.5. The van der Waals surface area contributed by atoms with Gasteiger partial charge < -0.3 is 15.2 Å². The molecule has 0 spiro atoms. The van der Waals surface area contributed by atoms with E-state index in [1.54, 1.807) is 19.1 Å². The van der Waals surface area contributed by atoms with E-state index in [1.165, 1.54) is 11.6 Å². The number of ether oxygens (including phenoxy) is 1. The molecular weight excluding hydrogens is 318 g/mol. The Morgan fingerprint density at radius 2 is 1.72 bits per heavy atom. The van der Waals surface area contributed by atoms with E-state index in [-0.39, 0.29) is 23.5 Å². The summed E-state index contributed by atoms with van der Waals surface area (Å²) in [5, 5.41) is 11.8. The molecule has 0 unspecified atom stereocenters. The first kappa shape index (κ1) is 18.5. The Bertz CT molecular complexity index is 773. The second-order valence-corrected chi connectivity index (χ2v) is 6.89. The summed E-state index contributed by atoms with van der Waals surface area (Å²) in [6.07, 6.45) is 0. The van der Waals surface area contributed by atoms with E-state index in [2.05, 4.69) is 26.1 Å². The van der Waals surface area contributed by atoms with Crippen LogP contribution in [-0.2, 0) is 10.2 Å². The molecule has 0 saturated carbocycles. The number of hydrogen-bond acceptors (Lipinski definition) is 3. The van der Waals surface area contributed by atoms with Gasteiger partial charge in [0.05, 0.1) is 5.56 Å². The van der Waals surface area contributed by atoms with E-state index in [1.807, 2.05) is 24.3 Å². The van der Waals surface area contributed by atoms with Crippen molar-refractivity contribution in [1.29, 1.82) is 0 Å². The largest absolute Gasteiger partial charge is 0.484 e. The summed E-state index contributed by atoms with van der Waals surface area (Å²) >= 11 is 0. The number of amides is 1. The average molecular weight is 341 g/mol. The molecule has 132 valence electrons. The Labute approximate surface area is 147 Å².